The van der Waals surface area contributed by atoms with Gasteiger partial charge in [-0.2, -0.15) is 0 Å². The number of methoxy groups -OCH3 is 1. The Hall–Kier alpha value is -4.47. The van der Waals surface area contributed by atoms with Crippen molar-refractivity contribution in [3.05, 3.63) is 70.3 Å². The van der Waals surface area contributed by atoms with Gasteiger partial charge in [0.1, 0.15) is 5.75 Å². The van der Waals surface area contributed by atoms with Crippen molar-refractivity contribution in [2.75, 3.05) is 12.4 Å². The van der Waals surface area contributed by atoms with Gasteiger partial charge in [0.05, 0.1) is 23.3 Å². The van der Waals surface area contributed by atoms with Crippen LogP contribution >= 0.6 is 0 Å². The zero-order valence-corrected chi connectivity index (χ0v) is 15.5. The third-order valence-electron chi connectivity index (χ3n) is 4.53. The van der Waals surface area contributed by atoms with Crippen LogP contribution in [0.1, 0.15) is 10.4 Å². The highest BCUT2D eigenvalue weighted by Gasteiger charge is 2.20. The summed E-state index contributed by atoms with van der Waals surface area (Å²) in [6.07, 6.45) is 0. The number of carboxylic acids is 1. The Balaban J connectivity index is 1.82. The van der Waals surface area contributed by atoms with Crippen molar-refractivity contribution in [1.29, 1.82) is 0 Å². The Morgan fingerprint density at radius 2 is 1.77 bits per heavy atom. The van der Waals surface area contributed by atoms with Gasteiger partial charge in [0.25, 0.3) is 0 Å². The molecule has 10 nitrogen and oxygen atoms in total. The van der Waals surface area contributed by atoms with E-state index in [9.17, 15) is 20.0 Å². The van der Waals surface area contributed by atoms with Gasteiger partial charge in [0, 0.05) is 17.3 Å². The lowest BCUT2D eigenvalue weighted by molar-refractivity contribution is -0.383. The van der Waals surface area contributed by atoms with E-state index in [2.05, 4.69) is 20.3 Å². The van der Waals surface area contributed by atoms with Crippen molar-refractivity contribution in [2.24, 2.45) is 0 Å². The van der Waals surface area contributed by atoms with Crippen molar-refractivity contribution in [3.63, 3.8) is 0 Å². The molecule has 4 rings (SSSR count). The van der Waals surface area contributed by atoms with E-state index in [1.54, 1.807) is 37.4 Å². The van der Waals surface area contributed by atoms with Gasteiger partial charge in [0.2, 0.25) is 5.52 Å². The molecule has 1 aromatic heterocycles. The Kier molecular flexibility index (Phi) is 4.72. The summed E-state index contributed by atoms with van der Waals surface area (Å²) < 4.78 is 9.86. The topological polar surface area (TPSA) is 141 Å². The van der Waals surface area contributed by atoms with Crippen LogP contribution in [0.2, 0.25) is 0 Å². The number of carboxylic acid groups (broad SMARTS) is 1. The number of nitrogens with zero attached hydrogens (tertiary/aromatic N) is 3. The first-order valence-corrected chi connectivity index (χ1v) is 8.66. The number of non-ortho nitro benzene ring substituents is 1. The van der Waals surface area contributed by atoms with Crippen LogP contribution in [0.4, 0.5) is 17.1 Å². The number of nitrogens with one attached hydrogen (secondary N) is 1. The molecule has 1 heterocycles. The fraction of sp³-hybridized carbons (Fsp3) is 0.0500. The van der Waals surface area contributed by atoms with Crippen molar-refractivity contribution in [1.82, 2.24) is 10.3 Å². The van der Waals surface area contributed by atoms with E-state index < -0.39 is 10.9 Å². The minimum absolute atomic E-state index is 0.0122. The first kappa shape index (κ1) is 18.9. The molecule has 10 heteroatoms. The van der Waals surface area contributed by atoms with Crippen molar-refractivity contribution in [3.8, 4) is 16.9 Å². The quantitative estimate of drug-likeness (QED) is 0.355. The van der Waals surface area contributed by atoms with Crippen LogP contribution in [-0.4, -0.2) is 33.4 Å². The summed E-state index contributed by atoms with van der Waals surface area (Å²) in [4.78, 5) is 22.1. The van der Waals surface area contributed by atoms with E-state index in [0.717, 1.165) is 5.56 Å². The van der Waals surface area contributed by atoms with Gasteiger partial charge in [-0.15, -0.1) is 0 Å². The lowest BCUT2D eigenvalue weighted by Crippen LogP contribution is -2.00. The van der Waals surface area contributed by atoms with E-state index in [4.69, 9.17) is 4.74 Å². The molecule has 0 aliphatic rings. The normalized spacial score (nSPS) is 10.7. The third-order valence-corrected chi connectivity index (χ3v) is 4.53. The summed E-state index contributed by atoms with van der Waals surface area (Å²) >= 11 is 0. The molecule has 0 saturated heterocycles. The van der Waals surface area contributed by atoms with Crippen LogP contribution in [0, 0.1) is 10.1 Å². The number of nitro groups is 1. The van der Waals surface area contributed by atoms with Gasteiger partial charge in [-0.3, -0.25) is 10.1 Å². The van der Waals surface area contributed by atoms with Crippen LogP contribution in [0.15, 0.2) is 59.2 Å². The summed E-state index contributed by atoms with van der Waals surface area (Å²) in [6, 6.07) is 14.5. The zero-order valence-electron chi connectivity index (χ0n) is 15.5. The predicted octanol–water partition coefficient (Wildman–Crippen LogP) is 4.25. The van der Waals surface area contributed by atoms with E-state index in [1.165, 1.54) is 24.3 Å². The van der Waals surface area contributed by atoms with Gasteiger partial charge in [-0.1, -0.05) is 12.1 Å². The molecule has 150 valence electrons. The van der Waals surface area contributed by atoms with Crippen LogP contribution in [0.3, 0.4) is 0 Å². The number of fused-ring (bicyclic) bond motifs is 1. The summed E-state index contributed by atoms with van der Waals surface area (Å²) in [6.45, 7) is 0. The highest BCUT2D eigenvalue weighted by Crippen LogP contribution is 2.35. The number of rotatable bonds is 6. The molecular formula is C20H14N4O6. The largest absolute Gasteiger partial charge is 0.497 e. The minimum atomic E-state index is -1.06. The smallest absolute Gasteiger partial charge is 0.335 e. The first-order chi connectivity index (χ1) is 14.5. The van der Waals surface area contributed by atoms with Crippen molar-refractivity contribution in [2.45, 2.75) is 0 Å². The number of carbonyl (C=O) groups is 1. The second kappa shape index (κ2) is 7.51. The minimum Gasteiger partial charge on any atom is -0.497 e. The molecule has 0 aliphatic heterocycles. The highest BCUT2D eigenvalue weighted by molar-refractivity contribution is 5.97. The van der Waals surface area contributed by atoms with Crippen LogP contribution in [0.25, 0.3) is 22.2 Å². The molecule has 0 saturated carbocycles. The maximum Gasteiger partial charge on any atom is 0.335 e. The molecule has 30 heavy (non-hydrogen) atoms. The first-order valence-electron chi connectivity index (χ1n) is 8.66. The van der Waals surface area contributed by atoms with Gasteiger partial charge >= 0.3 is 11.7 Å². The Morgan fingerprint density at radius 3 is 2.43 bits per heavy atom. The molecule has 2 N–H and O–H groups in total. The van der Waals surface area contributed by atoms with Gasteiger partial charge in [-0.25, -0.2) is 9.42 Å². The molecule has 0 unspecified atom stereocenters. The second-order valence-electron chi connectivity index (χ2n) is 6.27. The summed E-state index contributed by atoms with van der Waals surface area (Å²) in [5.74, 6) is -0.400. The number of hydrogen-bond donors (Lipinski definition) is 2. The monoisotopic (exact) mass is 406 g/mol. The van der Waals surface area contributed by atoms with Gasteiger partial charge < -0.3 is 15.2 Å². The number of benzene rings is 3. The van der Waals surface area contributed by atoms with Crippen LogP contribution in [0.5, 0.6) is 5.75 Å². The maximum atomic E-state index is 11.5. The van der Waals surface area contributed by atoms with E-state index in [-0.39, 0.29) is 22.3 Å². The summed E-state index contributed by atoms with van der Waals surface area (Å²) in [5.41, 5.74) is 2.44. The molecule has 0 aliphatic carbocycles. The highest BCUT2D eigenvalue weighted by atomic mass is 16.6. The van der Waals surface area contributed by atoms with E-state index in [0.29, 0.717) is 22.7 Å². The Morgan fingerprint density at radius 1 is 1.07 bits per heavy atom. The second-order valence-corrected chi connectivity index (χ2v) is 6.27. The molecule has 0 bridgehead atoms. The number of nitro benzene ring substituents is 1. The van der Waals surface area contributed by atoms with Gasteiger partial charge in [-0.05, 0) is 52.3 Å². The summed E-state index contributed by atoms with van der Waals surface area (Å²) in [7, 11) is 1.55. The predicted molar refractivity (Wildman–Crippen MR) is 107 cm³/mol. The van der Waals surface area contributed by atoms with Crippen LogP contribution in [-0.2, 0) is 0 Å². The van der Waals surface area contributed by atoms with Gasteiger partial charge in [0.15, 0.2) is 5.52 Å². The maximum absolute atomic E-state index is 11.5. The molecule has 3 aromatic carbocycles. The molecular weight excluding hydrogens is 392 g/mol. The average molecular weight is 406 g/mol. The van der Waals surface area contributed by atoms with E-state index in [1.807, 2.05) is 0 Å². The van der Waals surface area contributed by atoms with Crippen LogP contribution < -0.4 is 10.1 Å². The number of aromatic carboxylic acids is 1. The van der Waals surface area contributed by atoms with E-state index >= 15 is 0 Å². The third kappa shape index (κ3) is 3.37. The molecule has 0 radical (unpaired) electrons. The number of aromatic nitrogens is 2. The number of anilines is 2. The number of hydrogen-bond acceptors (Lipinski definition) is 8. The number of ether oxygens (including phenoxy) is 1. The fourth-order valence-electron chi connectivity index (χ4n) is 3.04. The van der Waals surface area contributed by atoms with Crippen molar-refractivity contribution < 1.29 is 24.2 Å². The molecule has 0 fully saturated rings. The molecule has 0 spiro atoms. The SMILES string of the molecule is COc1ccc(-c2cc(C(=O)O)ccc2Nc2ccc([N+](=O)[O-])c3nonc23)cc1. The lowest BCUT2D eigenvalue weighted by Gasteiger charge is -2.14. The Bertz CT molecular complexity index is 1270. The average Bonchev–Trinajstić information content (AvgIpc) is 3.24. The summed E-state index contributed by atoms with van der Waals surface area (Å²) in [5, 5.41) is 31.1. The van der Waals surface area contributed by atoms with Crippen molar-refractivity contribution >= 4 is 34.1 Å². The Labute approximate surface area is 168 Å². The lowest BCUT2D eigenvalue weighted by atomic mass is 10.00. The standard InChI is InChI=1S/C20H14N4O6/c1-29-13-5-2-11(3-6-13)14-10-12(20(25)26)4-7-15(14)21-16-8-9-17(24(27)28)19-18(16)22-30-23-19/h2-10,21H,1H3,(H,25,26). The molecule has 0 atom stereocenters. The molecule has 0 amide bonds. The molecule has 4 aromatic rings. The fourth-order valence-corrected chi connectivity index (χ4v) is 3.04. The zero-order chi connectivity index (χ0) is 21.3.